The number of ether oxygens (including phenoxy) is 2. The summed E-state index contributed by atoms with van der Waals surface area (Å²) < 4.78 is 10.9. The van der Waals surface area contributed by atoms with Gasteiger partial charge in [-0.25, -0.2) is 0 Å². The van der Waals surface area contributed by atoms with Crippen LogP contribution in [0.3, 0.4) is 0 Å². The van der Waals surface area contributed by atoms with Gasteiger partial charge in [0, 0.05) is 5.56 Å². The van der Waals surface area contributed by atoms with E-state index >= 15 is 0 Å². The van der Waals surface area contributed by atoms with Crippen molar-refractivity contribution >= 4 is 11.9 Å². The van der Waals surface area contributed by atoms with Crippen molar-refractivity contribution in [2.24, 2.45) is 0 Å². The Morgan fingerprint density at radius 3 is 2.38 bits per heavy atom. The number of rotatable bonds is 7. The van der Waals surface area contributed by atoms with Crippen LogP contribution in [0, 0.1) is 0 Å². The van der Waals surface area contributed by atoms with Crippen LogP contribution < -0.4 is 9.47 Å². The molecule has 0 saturated carbocycles. The standard InChI is InChI=1S/C23H20O3/c1-25-22-9-5-8-18(16-22)10-15-23(24)20-11-13-21(14-12-20)26-17-19-6-3-2-4-7-19/h2-16H,17H2,1H3/b15-10+. The van der Waals surface area contributed by atoms with E-state index in [0.717, 1.165) is 22.6 Å². The van der Waals surface area contributed by atoms with Crippen LogP contribution in [0.15, 0.2) is 84.9 Å². The largest absolute Gasteiger partial charge is 0.497 e. The summed E-state index contributed by atoms with van der Waals surface area (Å²) in [6, 6.07) is 24.7. The molecule has 3 nitrogen and oxygen atoms in total. The van der Waals surface area contributed by atoms with Gasteiger partial charge in [0.05, 0.1) is 7.11 Å². The molecule has 3 aromatic rings. The quantitative estimate of drug-likeness (QED) is 0.438. The second-order valence-electron chi connectivity index (χ2n) is 5.77. The second kappa shape index (κ2) is 8.67. The second-order valence-corrected chi connectivity index (χ2v) is 5.77. The summed E-state index contributed by atoms with van der Waals surface area (Å²) in [5, 5.41) is 0. The Morgan fingerprint density at radius 1 is 0.885 bits per heavy atom. The molecule has 0 atom stereocenters. The fourth-order valence-corrected chi connectivity index (χ4v) is 2.47. The molecular formula is C23H20O3. The molecule has 26 heavy (non-hydrogen) atoms. The van der Waals surface area contributed by atoms with E-state index in [0.29, 0.717) is 12.2 Å². The highest BCUT2D eigenvalue weighted by molar-refractivity contribution is 6.06. The number of benzene rings is 3. The van der Waals surface area contributed by atoms with Crippen LogP contribution in [0.5, 0.6) is 11.5 Å². The van der Waals surface area contributed by atoms with E-state index in [4.69, 9.17) is 9.47 Å². The minimum atomic E-state index is -0.0533. The van der Waals surface area contributed by atoms with E-state index in [1.54, 1.807) is 31.4 Å². The van der Waals surface area contributed by atoms with Crippen molar-refractivity contribution in [2.45, 2.75) is 6.61 Å². The van der Waals surface area contributed by atoms with Crippen LogP contribution >= 0.6 is 0 Å². The smallest absolute Gasteiger partial charge is 0.185 e. The monoisotopic (exact) mass is 344 g/mol. The molecule has 0 heterocycles. The van der Waals surface area contributed by atoms with Crippen LogP contribution in [0.2, 0.25) is 0 Å². The molecule has 0 spiro atoms. The number of ketones is 1. The van der Waals surface area contributed by atoms with Gasteiger partial charge < -0.3 is 9.47 Å². The summed E-state index contributed by atoms with van der Waals surface area (Å²) in [4.78, 5) is 12.3. The van der Waals surface area contributed by atoms with Gasteiger partial charge in [0.1, 0.15) is 18.1 Å². The van der Waals surface area contributed by atoms with Gasteiger partial charge >= 0.3 is 0 Å². The lowest BCUT2D eigenvalue weighted by atomic mass is 10.1. The lowest BCUT2D eigenvalue weighted by Gasteiger charge is -2.06. The Hall–Kier alpha value is -3.33. The maximum Gasteiger partial charge on any atom is 0.185 e. The van der Waals surface area contributed by atoms with Gasteiger partial charge in [-0.05, 0) is 53.6 Å². The minimum Gasteiger partial charge on any atom is -0.497 e. The van der Waals surface area contributed by atoms with Crippen molar-refractivity contribution in [3.63, 3.8) is 0 Å². The third-order valence-electron chi connectivity index (χ3n) is 3.91. The zero-order valence-corrected chi connectivity index (χ0v) is 14.6. The number of methoxy groups -OCH3 is 1. The first-order chi connectivity index (χ1) is 12.7. The van der Waals surface area contributed by atoms with Gasteiger partial charge in [0.2, 0.25) is 0 Å². The molecule has 0 aliphatic carbocycles. The highest BCUT2D eigenvalue weighted by atomic mass is 16.5. The van der Waals surface area contributed by atoms with Crippen LogP contribution in [0.4, 0.5) is 0 Å². The maximum atomic E-state index is 12.3. The molecule has 0 bridgehead atoms. The molecule has 0 unspecified atom stereocenters. The fourth-order valence-electron chi connectivity index (χ4n) is 2.47. The van der Waals surface area contributed by atoms with Crippen molar-refractivity contribution < 1.29 is 14.3 Å². The normalized spacial score (nSPS) is 10.7. The molecule has 0 aliphatic heterocycles. The average Bonchev–Trinajstić information content (AvgIpc) is 2.72. The molecule has 0 amide bonds. The number of carbonyl (C=O) groups excluding carboxylic acids is 1. The molecule has 130 valence electrons. The van der Waals surface area contributed by atoms with E-state index in [9.17, 15) is 4.79 Å². The van der Waals surface area contributed by atoms with Gasteiger partial charge in [-0.2, -0.15) is 0 Å². The van der Waals surface area contributed by atoms with Gasteiger partial charge in [-0.15, -0.1) is 0 Å². The SMILES string of the molecule is COc1cccc(/C=C/C(=O)c2ccc(OCc3ccccc3)cc2)c1. The molecule has 0 fully saturated rings. The van der Waals surface area contributed by atoms with Gasteiger partial charge in [-0.3, -0.25) is 4.79 Å². The van der Waals surface area contributed by atoms with Crippen LogP contribution in [0.1, 0.15) is 21.5 Å². The molecule has 3 rings (SSSR count). The fraction of sp³-hybridized carbons (Fsp3) is 0.0870. The zero-order chi connectivity index (χ0) is 18.2. The molecule has 0 radical (unpaired) electrons. The van der Waals surface area contributed by atoms with E-state index in [-0.39, 0.29) is 5.78 Å². The molecule has 0 saturated heterocycles. The maximum absolute atomic E-state index is 12.3. The highest BCUT2D eigenvalue weighted by Gasteiger charge is 2.03. The summed E-state index contributed by atoms with van der Waals surface area (Å²) in [6.07, 6.45) is 3.35. The Bertz CT molecular complexity index is 881. The summed E-state index contributed by atoms with van der Waals surface area (Å²) in [7, 11) is 1.62. The van der Waals surface area contributed by atoms with E-state index in [2.05, 4.69) is 0 Å². The predicted molar refractivity (Wildman–Crippen MR) is 104 cm³/mol. The van der Waals surface area contributed by atoms with Gasteiger partial charge in [0.15, 0.2) is 5.78 Å². The Morgan fingerprint density at radius 2 is 1.65 bits per heavy atom. The summed E-state index contributed by atoms with van der Waals surface area (Å²) >= 11 is 0. The molecule has 0 aromatic heterocycles. The average molecular weight is 344 g/mol. The third kappa shape index (κ3) is 4.84. The first-order valence-corrected chi connectivity index (χ1v) is 8.38. The van der Waals surface area contributed by atoms with Crippen LogP contribution in [-0.2, 0) is 6.61 Å². The third-order valence-corrected chi connectivity index (χ3v) is 3.91. The van der Waals surface area contributed by atoms with Gasteiger partial charge in [0.25, 0.3) is 0 Å². The molecular weight excluding hydrogens is 324 g/mol. The summed E-state index contributed by atoms with van der Waals surface area (Å²) in [6.45, 7) is 0.504. The summed E-state index contributed by atoms with van der Waals surface area (Å²) in [5.74, 6) is 1.45. The zero-order valence-electron chi connectivity index (χ0n) is 14.6. The summed E-state index contributed by atoms with van der Waals surface area (Å²) in [5.41, 5.74) is 2.64. The van der Waals surface area contributed by atoms with Crippen LogP contribution in [0.25, 0.3) is 6.08 Å². The van der Waals surface area contributed by atoms with Crippen molar-refractivity contribution in [3.05, 3.63) is 102 Å². The first-order valence-electron chi connectivity index (χ1n) is 8.38. The number of allylic oxidation sites excluding steroid dienone is 1. The Balaban J connectivity index is 1.60. The lowest BCUT2D eigenvalue weighted by molar-refractivity contribution is 0.104. The van der Waals surface area contributed by atoms with E-state index < -0.39 is 0 Å². The van der Waals surface area contributed by atoms with E-state index in [1.165, 1.54) is 0 Å². The lowest BCUT2D eigenvalue weighted by Crippen LogP contribution is -1.97. The molecule has 0 N–H and O–H groups in total. The number of hydrogen-bond donors (Lipinski definition) is 0. The van der Waals surface area contributed by atoms with Gasteiger partial charge in [-0.1, -0.05) is 48.5 Å². The molecule has 0 aliphatic rings. The van der Waals surface area contributed by atoms with Crippen molar-refractivity contribution in [3.8, 4) is 11.5 Å². The Labute approximate surface area is 153 Å². The van der Waals surface area contributed by atoms with Crippen LogP contribution in [-0.4, -0.2) is 12.9 Å². The molecule has 3 aromatic carbocycles. The molecule has 3 heteroatoms. The topological polar surface area (TPSA) is 35.5 Å². The minimum absolute atomic E-state index is 0.0533. The highest BCUT2D eigenvalue weighted by Crippen LogP contribution is 2.16. The first kappa shape index (κ1) is 17.5. The Kier molecular flexibility index (Phi) is 5.84. The van der Waals surface area contributed by atoms with Crippen molar-refractivity contribution in [2.75, 3.05) is 7.11 Å². The van der Waals surface area contributed by atoms with Crippen molar-refractivity contribution in [1.82, 2.24) is 0 Å². The van der Waals surface area contributed by atoms with Crippen molar-refractivity contribution in [1.29, 1.82) is 0 Å². The number of carbonyl (C=O) groups is 1. The van der Waals surface area contributed by atoms with E-state index in [1.807, 2.05) is 66.7 Å². The number of hydrogen-bond acceptors (Lipinski definition) is 3. The predicted octanol–water partition coefficient (Wildman–Crippen LogP) is 5.17.